The van der Waals surface area contributed by atoms with Gasteiger partial charge in [0.25, 0.3) is 0 Å². The number of aromatic nitrogens is 2. The lowest BCUT2D eigenvalue weighted by Gasteiger charge is -2.12. The van der Waals surface area contributed by atoms with Gasteiger partial charge in [-0.3, -0.25) is 0 Å². The van der Waals surface area contributed by atoms with Crippen LogP contribution in [-0.2, 0) is 11.3 Å². The Morgan fingerprint density at radius 1 is 1.15 bits per heavy atom. The zero-order valence-corrected chi connectivity index (χ0v) is 13.8. The van der Waals surface area contributed by atoms with Gasteiger partial charge in [-0.05, 0) is 36.4 Å². The van der Waals surface area contributed by atoms with Crippen LogP contribution in [0.15, 0.2) is 30.3 Å². The Hall–Kier alpha value is -1.21. The van der Waals surface area contributed by atoms with Crippen molar-refractivity contribution in [1.29, 1.82) is 0 Å². The first kappa shape index (κ1) is 15.2. The maximum absolute atomic E-state index is 5.43. The predicted octanol–water partition coefficient (Wildman–Crippen LogP) is 3.72. The van der Waals surface area contributed by atoms with E-state index in [1.54, 1.807) is 0 Å². The van der Waals surface area contributed by atoms with Crippen molar-refractivity contribution in [3.63, 3.8) is 0 Å². The van der Waals surface area contributed by atoms with Crippen LogP contribution in [0.2, 0.25) is 0 Å². The van der Waals surface area contributed by atoms with Gasteiger partial charge in [0.2, 0.25) is 0 Å². The van der Waals surface area contributed by atoms with Crippen molar-refractivity contribution in [3.8, 4) is 11.3 Å². The second-order valence-corrected chi connectivity index (χ2v) is 5.26. The number of hydrogen-bond acceptors (Lipinski definition) is 4. The summed E-state index contributed by atoms with van der Waals surface area (Å²) in [5, 5.41) is 3.29. The highest BCUT2D eigenvalue weighted by molar-refractivity contribution is 14.1. The summed E-state index contributed by atoms with van der Waals surface area (Å²) in [6, 6.07) is 10.2. The molecule has 0 amide bonds. The third-order valence-electron chi connectivity index (χ3n) is 2.72. The van der Waals surface area contributed by atoms with Crippen molar-refractivity contribution < 1.29 is 4.74 Å². The van der Waals surface area contributed by atoms with Crippen LogP contribution in [0.1, 0.15) is 19.7 Å². The van der Waals surface area contributed by atoms with E-state index in [4.69, 9.17) is 4.74 Å². The van der Waals surface area contributed by atoms with Gasteiger partial charge in [0.05, 0.1) is 9.26 Å². The quantitative estimate of drug-likeness (QED) is 0.773. The molecule has 0 saturated carbocycles. The minimum atomic E-state index is 0.436. The molecule has 0 aliphatic heterocycles. The molecule has 4 nitrogen and oxygen atoms in total. The molecule has 5 heteroatoms. The Bertz CT molecular complexity index is 561. The van der Waals surface area contributed by atoms with E-state index in [0.717, 1.165) is 27.2 Å². The fraction of sp³-hybridized carbons (Fsp3) is 0.333. The van der Waals surface area contributed by atoms with Crippen molar-refractivity contribution in [2.45, 2.75) is 20.5 Å². The molecule has 0 radical (unpaired) electrons. The van der Waals surface area contributed by atoms with Crippen LogP contribution in [0.5, 0.6) is 0 Å². The third kappa shape index (κ3) is 3.67. The Labute approximate surface area is 133 Å². The van der Waals surface area contributed by atoms with Gasteiger partial charge in [-0.25, -0.2) is 9.97 Å². The second-order valence-electron chi connectivity index (χ2n) is 4.18. The molecular weight excluding hydrogens is 365 g/mol. The zero-order chi connectivity index (χ0) is 14.4. The summed E-state index contributed by atoms with van der Waals surface area (Å²) in [7, 11) is 0. The van der Waals surface area contributed by atoms with Crippen LogP contribution in [0.25, 0.3) is 11.3 Å². The third-order valence-corrected chi connectivity index (χ3v) is 3.75. The lowest BCUT2D eigenvalue weighted by atomic mass is 10.1. The van der Waals surface area contributed by atoms with Crippen LogP contribution >= 0.6 is 22.6 Å². The Kier molecular flexibility index (Phi) is 5.72. The number of nitrogens with zero attached hydrogens (tertiary/aromatic N) is 2. The van der Waals surface area contributed by atoms with Crippen LogP contribution in [-0.4, -0.2) is 23.1 Å². The van der Waals surface area contributed by atoms with Crippen LogP contribution < -0.4 is 5.32 Å². The summed E-state index contributed by atoms with van der Waals surface area (Å²) in [5.74, 6) is 1.58. The molecule has 1 heterocycles. The normalized spacial score (nSPS) is 10.6. The van der Waals surface area contributed by atoms with Gasteiger partial charge >= 0.3 is 0 Å². The number of halogens is 1. The molecule has 0 spiro atoms. The van der Waals surface area contributed by atoms with Crippen molar-refractivity contribution in [3.05, 3.63) is 39.7 Å². The monoisotopic (exact) mass is 383 g/mol. The van der Waals surface area contributed by atoms with Crippen molar-refractivity contribution in [1.82, 2.24) is 9.97 Å². The predicted molar refractivity (Wildman–Crippen MR) is 89.7 cm³/mol. The average Bonchev–Trinajstić information content (AvgIpc) is 2.49. The zero-order valence-electron chi connectivity index (χ0n) is 11.7. The Morgan fingerprint density at radius 2 is 1.90 bits per heavy atom. The maximum atomic E-state index is 5.43. The van der Waals surface area contributed by atoms with E-state index in [9.17, 15) is 0 Å². The maximum Gasteiger partial charge on any atom is 0.157 e. The lowest BCUT2D eigenvalue weighted by molar-refractivity contribution is 0.128. The van der Waals surface area contributed by atoms with Gasteiger partial charge in [-0.15, -0.1) is 0 Å². The molecule has 0 bridgehead atoms. The molecule has 0 aliphatic rings. The number of ether oxygens (including phenoxy) is 1. The Morgan fingerprint density at radius 3 is 2.55 bits per heavy atom. The molecule has 0 aliphatic carbocycles. The minimum Gasteiger partial charge on any atom is -0.374 e. The molecule has 0 saturated heterocycles. The molecule has 0 unspecified atom stereocenters. The Balaban J connectivity index is 2.45. The number of nitrogens with one attached hydrogen (secondary N) is 1. The van der Waals surface area contributed by atoms with E-state index in [0.29, 0.717) is 19.0 Å². The van der Waals surface area contributed by atoms with Gasteiger partial charge < -0.3 is 10.1 Å². The summed E-state index contributed by atoms with van der Waals surface area (Å²) in [5.41, 5.74) is 2.04. The molecule has 2 aromatic rings. The van der Waals surface area contributed by atoms with E-state index >= 15 is 0 Å². The highest BCUT2D eigenvalue weighted by Gasteiger charge is 2.13. The van der Waals surface area contributed by atoms with Gasteiger partial charge in [-0.2, -0.15) is 0 Å². The first-order valence-electron chi connectivity index (χ1n) is 6.69. The summed E-state index contributed by atoms with van der Waals surface area (Å²) >= 11 is 2.29. The number of hydrogen-bond donors (Lipinski definition) is 1. The van der Waals surface area contributed by atoms with Crippen LogP contribution in [0.3, 0.4) is 0 Å². The van der Waals surface area contributed by atoms with Gasteiger partial charge in [0.1, 0.15) is 12.4 Å². The van der Waals surface area contributed by atoms with Crippen molar-refractivity contribution in [2.24, 2.45) is 0 Å². The fourth-order valence-electron chi connectivity index (χ4n) is 1.82. The molecule has 0 atom stereocenters. The number of rotatable bonds is 6. The molecule has 1 aromatic heterocycles. The first-order valence-corrected chi connectivity index (χ1v) is 7.77. The van der Waals surface area contributed by atoms with E-state index in [1.165, 1.54) is 0 Å². The SMILES string of the molecule is CCNc1nc(COCC)nc(-c2ccccc2)c1I. The smallest absolute Gasteiger partial charge is 0.157 e. The summed E-state index contributed by atoms with van der Waals surface area (Å²) < 4.78 is 6.47. The van der Waals surface area contributed by atoms with Gasteiger partial charge in [-0.1, -0.05) is 30.3 Å². The van der Waals surface area contributed by atoms with E-state index in [1.807, 2.05) is 25.1 Å². The van der Waals surface area contributed by atoms with Crippen LogP contribution in [0.4, 0.5) is 5.82 Å². The fourth-order valence-corrected chi connectivity index (χ4v) is 2.57. The summed E-state index contributed by atoms with van der Waals surface area (Å²) in [6.07, 6.45) is 0. The van der Waals surface area contributed by atoms with Gasteiger partial charge in [0, 0.05) is 18.7 Å². The molecule has 1 N–H and O–H groups in total. The second kappa shape index (κ2) is 7.54. The molecule has 0 fully saturated rings. The van der Waals surface area contributed by atoms with Crippen LogP contribution in [0, 0.1) is 3.57 Å². The average molecular weight is 383 g/mol. The summed E-state index contributed by atoms with van der Waals surface area (Å²) in [6.45, 7) is 5.95. The highest BCUT2D eigenvalue weighted by atomic mass is 127. The molecule has 106 valence electrons. The van der Waals surface area contributed by atoms with Crippen molar-refractivity contribution in [2.75, 3.05) is 18.5 Å². The number of benzene rings is 1. The molecule has 2 rings (SSSR count). The topological polar surface area (TPSA) is 47.0 Å². The minimum absolute atomic E-state index is 0.436. The van der Waals surface area contributed by atoms with Gasteiger partial charge in [0.15, 0.2) is 5.82 Å². The standard InChI is InChI=1S/C15H18IN3O/c1-3-17-15-13(16)14(11-8-6-5-7-9-11)18-12(19-15)10-20-4-2/h5-9H,3-4,10H2,1-2H3,(H,17,18,19). The summed E-state index contributed by atoms with van der Waals surface area (Å²) in [4.78, 5) is 9.17. The first-order chi connectivity index (χ1) is 9.76. The van der Waals surface area contributed by atoms with Crippen molar-refractivity contribution >= 4 is 28.4 Å². The highest BCUT2D eigenvalue weighted by Crippen LogP contribution is 2.28. The van der Waals surface area contributed by atoms with E-state index in [2.05, 4.69) is 56.9 Å². The largest absolute Gasteiger partial charge is 0.374 e. The molecule has 20 heavy (non-hydrogen) atoms. The lowest BCUT2D eigenvalue weighted by Crippen LogP contribution is -2.09. The van der Waals surface area contributed by atoms with E-state index in [-0.39, 0.29) is 0 Å². The number of anilines is 1. The molecular formula is C15H18IN3O. The van der Waals surface area contributed by atoms with E-state index < -0.39 is 0 Å². The molecule has 1 aromatic carbocycles.